The van der Waals surface area contributed by atoms with Crippen molar-refractivity contribution in [2.45, 2.75) is 45.4 Å². The maximum absolute atomic E-state index is 11.6. The summed E-state index contributed by atoms with van der Waals surface area (Å²) >= 11 is 0. The lowest BCUT2D eigenvalue weighted by atomic mass is 9.97. The molecule has 0 aliphatic heterocycles. The number of nitrogens with zero attached hydrogens (tertiary/aromatic N) is 2. The molecular formula is C16H32N4O2S. The maximum atomic E-state index is 11.6. The summed E-state index contributed by atoms with van der Waals surface area (Å²) < 4.78 is 24.7. The molecule has 0 aromatic heterocycles. The number of nitrogens with one attached hydrogen (secondary N) is 2. The fraction of sp³-hybridized carbons (Fsp3) is 0.812. The van der Waals surface area contributed by atoms with E-state index in [1.165, 1.54) is 30.0 Å². The molecule has 134 valence electrons. The van der Waals surface area contributed by atoms with Crippen LogP contribution in [-0.4, -0.2) is 58.2 Å². The molecule has 23 heavy (non-hydrogen) atoms. The van der Waals surface area contributed by atoms with Gasteiger partial charge in [0.25, 0.3) is 0 Å². The second-order valence-electron chi connectivity index (χ2n) is 5.86. The predicted molar refractivity (Wildman–Crippen MR) is 97.2 cm³/mol. The maximum Gasteiger partial charge on any atom is 0.213 e. The first kappa shape index (κ1) is 20.0. The molecule has 0 radical (unpaired) electrons. The van der Waals surface area contributed by atoms with Crippen molar-refractivity contribution in [2.75, 3.05) is 39.5 Å². The van der Waals surface area contributed by atoms with Gasteiger partial charge in [-0.15, -0.1) is 0 Å². The molecular weight excluding hydrogens is 312 g/mol. The zero-order valence-corrected chi connectivity index (χ0v) is 15.6. The van der Waals surface area contributed by atoms with E-state index in [4.69, 9.17) is 0 Å². The van der Waals surface area contributed by atoms with Crippen molar-refractivity contribution >= 4 is 16.0 Å². The summed E-state index contributed by atoms with van der Waals surface area (Å²) in [6.07, 6.45) is 9.27. The normalized spacial score (nSPS) is 16.3. The summed E-state index contributed by atoms with van der Waals surface area (Å²) in [4.78, 5) is 4.20. The van der Waals surface area contributed by atoms with Gasteiger partial charge in [-0.2, -0.15) is 0 Å². The number of aliphatic imine (C=N–C) groups is 1. The van der Waals surface area contributed by atoms with Gasteiger partial charge in [0.2, 0.25) is 10.0 Å². The Kier molecular flexibility index (Phi) is 9.24. The Morgan fingerprint density at radius 2 is 2.04 bits per heavy atom. The minimum Gasteiger partial charge on any atom is -0.356 e. The minimum atomic E-state index is -3.08. The Morgan fingerprint density at radius 1 is 1.30 bits per heavy atom. The Hall–Kier alpha value is -1.08. The van der Waals surface area contributed by atoms with Crippen molar-refractivity contribution in [3.63, 3.8) is 0 Å². The molecule has 0 aromatic carbocycles. The van der Waals surface area contributed by atoms with Crippen LogP contribution in [0.25, 0.3) is 0 Å². The van der Waals surface area contributed by atoms with Gasteiger partial charge in [-0.1, -0.05) is 11.6 Å². The molecule has 1 aliphatic rings. The third-order valence-corrected chi connectivity index (χ3v) is 5.99. The molecule has 0 spiro atoms. The van der Waals surface area contributed by atoms with Crippen LogP contribution >= 0.6 is 0 Å². The zero-order valence-electron chi connectivity index (χ0n) is 14.8. The molecule has 6 nitrogen and oxygen atoms in total. The Bertz CT molecular complexity index is 500. The third-order valence-electron chi connectivity index (χ3n) is 4.13. The topological polar surface area (TPSA) is 73.8 Å². The predicted octanol–water partition coefficient (Wildman–Crippen LogP) is 1.71. The third kappa shape index (κ3) is 7.83. The molecule has 2 N–H and O–H groups in total. The van der Waals surface area contributed by atoms with E-state index < -0.39 is 10.0 Å². The van der Waals surface area contributed by atoms with E-state index in [1.807, 2.05) is 0 Å². The first-order valence-corrected chi connectivity index (χ1v) is 10.2. The molecule has 0 saturated carbocycles. The molecule has 0 saturated heterocycles. The van der Waals surface area contributed by atoms with Crippen LogP contribution in [0.15, 0.2) is 16.6 Å². The van der Waals surface area contributed by atoms with Crippen molar-refractivity contribution < 1.29 is 8.42 Å². The second kappa shape index (κ2) is 10.6. The average molecular weight is 345 g/mol. The van der Waals surface area contributed by atoms with Gasteiger partial charge in [0.05, 0.1) is 5.75 Å². The van der Waals surface area contributed by atoms with Crippen LogP contribution < -0.4 is 10.6 Å². The number of hydrogen-bond acceptors (Lipinski definition) is 3. The van der Waals surface area contributed by atoms with Crippen LogP contribution in [0.4, 0.5) is 0 Å². The van der Waals surface area contributed by atoms with Crippen molar-refractivity contribution in [1.29, 1.82) is 0 Å². The first-order chi connectivity index (χ1) is 11.0. The minimum absolute atomic E-state index is 0.149. The molecule has 0 heterocycles. The second-order valence-corrected chi connectivity index (χ2v) is 8.22. The van der Waals surface area contributed by atoms with E-state index >= 15 is 0 Å². The monoisotopic (exact) mass is 344 g/mol. The lowest BCUT2D eigenvalue weighted by molar-refractivity contribution is 0.461. The number of allylic oxidation sites excluding steroid dienone is 1. The van der Waals surface area contributed by atoms with E-state index in [2.05, 4.69) is 21.7 Å². The highest BCUT2D eigenvalue weighted by Crippen LogP contribution is 2.19. The lowest BCUT2D eigenvalue weighted by Gasteiger charge is -2.17. The average Bonchev–Trinajstić information content (AvgIpc) is 2.57. The van der Waals surface area contributed by atoms with Crippen molar-refractivity contribution in [1.82, 2.24) is 14.9 Å². The van der Waals surface area contributed by atoms with Crippen LogP contribution in [-0.2, 0) is 10.0 Å². The number of hydrogen-bond donors (Lipinski definition) is 2. The highest BCUT2D eigenvalue weighted by molar-refractivity contribution is 7.89. The van der Waals surface area contributed by atoms with Gasteiger partial charge >= 0.3 is 0 Å². The van der Waals surface area contributed by atoms with Gasteiger partial charge in [-0.25, -0.2) is 12.7 Å². The van der Waals surface area contributed by atoms with Gasteiger partial charge in [0.1, 0.15) is 0 Å². The highest BCUT2D eigenvalue weighted by atomic mass is 32.2. The summed E-state index contributed by atoms with van der Waals surface area (Å²) in [5, 5.41) is 6.54. The van der Waals surface area contributed by atoms with Crippen LogP contribution in [0, 0.1) is 0 Å². The summed E-state index contributed by atoms with van der Waals surface area (Å²) in [6.45, 7) is 3.77. The van der Waals surface area contributed by atoms with Gasteiger partial charge in [-0.3, -0.25) is 4.99 Å². The van der Waals surface area contributed by atoms with Gasteiger partial charge in [-0.05, 0) is 45.4 Å². The Balaban J connectivity index is 2.18. The molecule has 0 unspecified atom stereocenters. The quantitative estimate of drug-likeness (QED) is 0.289. The smallest absolute Gasteiger partial charge is 0.213 e. The van der Waals surface area contributed by atoms with Crippen LogP contribution in [0.5, 0.6) is 0 Å². The van der Waals surface area contributed by atoms with Crippen LogP contribution in [0.3, 0.4) is 0 Å². The van der Waals surface area contributed by atoms with Gasteiger partial charge in [0.15, 0.2) is 5.96 Å². The molecule has 7 heteroatoms. The molecule has 0 bridgehead atoms. The van der Waals surface area contributed by atoms with E-state index in [9.17, 15) is 8.42 Å². The fourth-order valence-corrected chi connectivity index (χ4v) is 3.41. The van der Waals surface area contributed by atoms with Gasteiger partial charge in [0, 0.05) is 33.7 Å². The molecule has 0 amide bonds. The summed E-state index contributed by atoms with van der Waals surface area (Å²) in [7, 11) is 0.304. The van der Waals surface area contributed by atoms with Crippen molar-refractivity contribution in [2.24, 2.45) is 4.99 Å². The first-order valence-electron chi connectivity index (χ1n) is 8.56. The molecule has 0 atom stereocenters. The zero-order chi connectivity index (χ0) is 17.1. The van der Waals surface area contributed by atoms with Crippen molar-refractivity contribution in [3.05, 3.63) is 11.6 Å². The summed E-state index contributed by atoms with van der Waals surface area (Å²) in [6, 6.07) is 0. The fourth-order valence-electron chi connectivity index (χ4n) is 2.56. The van der Waals surface area contributed by atoms with E-state index in [1.54, 1.807) is 26.6 Å². The van der Waals surface area contributed by atoms with Crippen LogP contribution in [0.1, 0.15) is 45.4 Å². The Labute approximate surface area is 141 Å². The van der Waals surface area contributed by atoms with E-state index in [0.717, 1.165) is 25.3 Å². The molecule has 1 aliphatic carbocycles. The highest BCUT2D eigenvalue weighted by Gasteiger charge is 2.13. The van der Waals surface area contributed by atoms with Crippen molar-refractivity contribution in [3.8, 4) is 0 Å². The molecule has 0 fully saturated rings. The standard InChI is InChI=1S/C16H32N4O2S/c1-4-23(21,22)20(3)14-8-12-18-16(17-2)19-13-11-15-9-6-5-7-10-15/h9H,4-8,10-14H2,1-3H3,(H2,17,18,19). The molecule has 1 rings (SSSR count). The summed E-state index contributed by atoms with van der Waals surface area (Å²) in [5.41, 5.74) is 1.55. The van der Waals surface area contributed by atoms with E-state index in [0.29, 0.717) is 13.1 Å². The lowest BCUT2D eigenvalue weighted by Crippen LogP contribution is -2.39. The molecule has 0 aromatic rings. The van der Waals surface area contributed by atoms with Crippen LogP contribution in [0.2, 0.25) is 0 Å². The number of sulfonamides is 1. The Morgan fingerprint density at radius 3 is 2.65 bits per heavy atom. The number of rotatable bonds is 9. The SMILES string of the molecule is CCS(=O)(=O)N(C)CCCNC(=NC)NCCC1=CCCCC1. The largest absolute Gasteiger partial charge is 0.356 e. The summed E-state index contributed by atoms with van der Waals surface area (Å²) in [5.74, 6) is 0.929. The van der Waals surface area contributed by atoms with E-state index in [-0.39, 0.29) is 5.75 Å². The van der Waals surface area contributed by atoms with Gasteiger partial charge < -0.3 is 10.6 Å². The number of guanidine groups is 1.